The predicted molar refractivity (Wildman–Crippen MR) is 101 cm³/mol. The fraction of sp³-hybridized carbons (Fsp3) is 0.850. The Bertz CT molecular complexity index is 742. The second-order valence-electron chi connectivity index (χ2n) is 9.14. The molecule has 0 N–H and O–H groups in total. The lowest BCUT2D eigenvalue weighted by Crippen LogP contribution is -2.61. The van der Waals surface area contributed by atoms with Crippen LogP contribution in [0.1, 0.15) is 53.9 Å². The molecule has 0 aliphatic heterocycles. The van der Waals surface area contributed by atoms with Gasteiger partial charge in [0.05, 0.1) is 18.9 Å². The first kappa shape index (κ1) is 32.8. The van der Waals surface area contributed by atoms with E-state index < -0.39 is 79.4 Å². The van der Waals surface area contributed by atoms with Gasteiger partial charge in [-0.1, -0.05) is 34.6 Å². The van der Waals surface area contributed by atoms with E-state index in [1.807, 2.05) is 13.8 Å². The number of alkyl halides is 9. The smallest absolute Gasteiger partial charge is 0.460 e. The zero-order valence-corrected chi connectivity index (χ0v) is 19.5. The molecule has 0 spiro atoms. The highest BCUT2D eigenvalue weighted by Gasteiger charge is 2.81. The molecule has 1 atom stereocenters. The summed E-state index contributed by atoms with van der Waals surface area (Å²) >= 11 is 0. The van der Waals surface area contributed by atoms with Gasteiger partial charge in [-0.05, 0) is 17.8 Å². The summed E-state index contributed by atoms with van der Waals surface area (Å²) in [6, 6.07) is 0. The van der Waals surface area contributed by atoms with Crippen molar-refractivity contribution in [3.63, 3.8) is 0 Å². The first-order valence-electron chi connectivity index (χ1n) is 10.2. The Hall–Kier alpha value is -2.22. The van der Waals surface area contributed by atoms with Gasteiger partial charge in [0.25, 0.3) is 0 Å². The van der Waals surface area contributed by atoms with Crippen molar-refractivity contribution in [3.05, 3.63) is 0 Å². The monoisotopic (exact) mass is 534 g/mol. The van der Waals surface area contributed by atoms with Crippen molar-refractivity contribution in [1.29, 1.82) is 0 Å². The molecule has 35 heavy (non-hydrogen) atoms. The van der Waals surface area contributed by atoms with E-state index in [0.717, 1.165) is 0 Å². The highest BCUT2D eigenvalue weighted by Crippen LogP contribution is 2.53. The summed E-state index contributed by atoms with van der Waals surface area (Å²) in [5.74, 6) is -23.9. The van der Waals surface area contributed by atoms with Crippen molar-refractivity contribution in [3.8, 4) is 0 Å². The third kappa shape index (κ3) is 9.06. The number of carbonyl (C=O) groups excluding carboxylic acids is 3. The molecule has 206 valence electrons. The molecule has 0 saturated carbocycles. The number of ether oxygens (including phenoxy) is 3. The van der Waals surface area contributed by atoms with Crippen molar-refractivity contribution in [2.45, 2.75) is 77.8 Å². The van der Waals surface area contributed by atoms with Crippen LogP contribution in [0.25, 0.3) is 0 Å². The molecule has 0 aromatic rings. The molecular weight excluding hydrogens is 507 g/mol. The van der Waals surface area contributed by atoms with Crippen LogP contribution in [-0.2, 0) is 28.6 Å². The van der Waals surface area contributed by atoms with Crippen molar-refractivity contribution in [2.75, 3.05) is 13.4 Å². The molecule has 0 aliphatic carbocycles. The molecule has 0 heterocycles. The summed E-state index contributed by atoms with van der Waals surface area (Å²) in [5.41, 5.74) is -0.488. The molecule has 0 saturated heterocycles. The molecule has 0 amide bonds. The molecular formula is C20H27F9O6. The number of esters is 3. The largest absolute Gasteiger partial charge is 0.465 e. The molecule has 1 unspecified atom stereocenters. The summed E-state index contributed by atoms with van der Waals surface area (Å²) in [7, 11) is 0. The molecule has 0 aromatic carbocycles. The molecule has 0 aliphatic rings. The standard InChI is InChI=1S/C20H27F9O6/c1-11(2)8-12(16(3,4)5)15(32)35-10-34-14(31)9-13(30)33-7-6-17(21,22)18(23,24)19(25,26)20(27,28)29/h11-12H,6-10H2,1-5H3. The van der Waals surface area contributed by atoms with E-state index in [0.29, 0.717) is 6.42 Å². The third-order valence-electron chi connectivity index (χ3n) is 4.64. The minimum Gasteiger partial charge on any atom is -0.465 e. The van der Waals surface area contributed by atoms with Crippen LogP contribution >= 0.6 is 0 Å². The van der Waals surface area contributed by atoms with Crippen LogP contribution in [0.5, 0.6) is 0 Å². The van der Waals surface area contributed by atoms with Crippen molar-refractivity contribution in [2.24, 2.45) is 17.3 Å². The van der Waals surface area contributed by atoms with E-state index in [1.54, 1.807) is 20.8 Å². The van der Waals surface area contributed by atoms with Crippen LogP contribution in [0.15, 0.2) is 0 Å². The maximum absolute atomic E-state index is 13.3. The van der Waals surface area contributed by atoms with Gasteiger partial charge in [0.15, 0.2) is 0 Å². The number of carbonyl (C=O) groups is 3. The maximum atomic E-state index is 13.3. The minimum absolute atomic E-state index is 0.135. The Balaban J connectivity index is 4.69. The lowest BCUT2D eigenvalue weighted by molar-refractivity contribution is -0.397. The fourth-order valence-corrected chi connectivity index (χ4v) is 2.61. The Morgan fingerprint density at radius 1 is 0.743 bits per heavy atom. The van der Waals surface area contributed by atoms with Gasteiger partial charge in [0.2, 0.25) is 6.79 Å². The molecule has 0 rings (SSSR count). The fourth-order valence-electron chi connectivity index (χ4n) is 2.61. The Morgan fingerprint density at radius 3 is 1.66 bits per heavy atom. The van der Waals surface area contributed by atoms with Crippen molar-refractivity contribution < 1.29 is 68.1 Å². The van der Waals surface area contributed by atoms with E-state index in [2.05, 4.69) is 9.47 Å². The van der Waals surface area contributed by atoms with Crippen molar-refractivity contribution >= 4 is 17.9 Å². The van der Waals surface area contributed by atoms with Crippen LogP contribution in [0.4, 0.5) is 39.5 Å². The van der Waals surface area contributed by atoms with Gasteiger partial charge >= 0.3 is 41.9 Å². The molecule has 6 nitrogen and oxygen atoms in total. The van der Waals surface area contributed by atoms with Gasteiger partial charge in [-0.25, -0.2) is 0 Å². The van der Waals surface area contributed by atoms with Gasteiger partial charge in [-0.3, -0.25) is 14.4 Å². The lowest BCUT2D eigenvalue weighted by atomic mass is 9.76. The van der Waals surface area contributed by atoms with E-state index >= 15 is 0 Å². The van der Waals surface area contributed by atoms with Gasteiger partial charge in [-0.15, -0.1) is 0 Å². The predicted octanol–water partition coefficient (Wildman–Crippen LogP) is 5.53. The van der Waals surface area contributed by atoms with Crippen LogP contribution < -0.4 is 0 Å². The topological polar surface area (TPSA) is 78.9 Å². The summed E-state index contributed by atoms with van der Waals surface area (Å²) in [6.45, 7) is 6.48. The quantitative estimate of drug-likeness (QED) is 0.142. The molecule has 0 aromatic heterocycles. The average Bonchev–Trinajstić information content (AvgIpc) is 2.63. The summed E-state index contributed by atoms with van der Waals surface area (Å²) in [4.78, 5) is 35.2. The van der Waals surface area contributed by atoms with Gasteiger partial charge in [0.1, 0.15) is 6.42 Å². The lowest BCUT2D eigenvalue weighted by Gasteiger charge is -2.33. The molecule has 0 bridgehead atoms. The first-order valence-corrected chi connectivity index (χ1v) is 10.2. The van der Waals surface area contributed by atoms with E-state index in [9.17, 15) is 53.9 Å². The first-order chi connectivity index (χ1) is 15.5. The summed E-state index contributed by atoms with van der Waals surface area (Å²) in [6.07, 6.45) is -10.2. The normalized spacial score (nSPS) is 14.5. The summed E-state index contributed by atoms with van der Waals surface area (Å²) < 4.78 is 128. The van der Waals surface area contributed by atoms with E-state index in [-0.39, 0.29) is 5.92 Å². The minimum atomic E-state index is -7.06. The van der Waals surface area contributed by atoms with Gasteiger partial charge in [-0.2, -0.15) is 39.5 Å². The van der Waals surface area contributed by atoms with E-state index in [1.165, 1.54) is 0 Å². The number of halogens is 9. The molecule has 0 fully saturated rings. The summed E-state index contributed by atoms with van der Waals surface area (Å²) in [5, 5.41) is 0. The maximum Gasteiger partial charge on any atom is 0.460 e. The van der Waals surface area contributed by atoms with Gasteiger partial charge < -0.3 is 14.2 Å². The molecule has 0 radical (unpaired) electrons. The number of hydrogen-bond acceptors (Lipinski definition) is 6. The zero-order valence-electron chi connectivity index (χ0n) is 19.5. The van der Waals surface area contributed by atoms with Crippen molar-refractivity contribution in [1.82, 2.24) is 0 Å². The van der Waals surface area contributed by atoms with Crippen LogP contribution in [0.3, 0.4) is 0 Å². The Kier molecular flexibility index (Phi) is 10.9. The van der Waals surface area contributed by atoms with Crippen LogP contribution in [0, 0.1) is 17.3 Å². The Morgan fingerprint density at radius 2 is 1.23 bits per heavy atom. The van der Waals surface area contributed by atoms with Crippen LogP contribution in [0.2, 0.25) is 0 Å². The third-order valence-corrected chi connectivity index (χ3v) is 4.64. The second kappa shape index (κ2) is 11.7. The average molecular weight is 534 g/mol. The second-order valence-corrected chi connectivity index (χ2v) is 9.14. The van der Waals surface area contributed by atoms with E-state index in [4.69, 9.17) is 4.74 Å². The Labute approximate surface area is 195 Å². The SMILES string of the molecule is CC(C)CC(C(=O)OCOC(=O)CC(=O)OCCC(F)(F)C(F)(F)C(F)(F)C(F)(F)F)C(C)(C)C. The van der Waals surface area contributed by atoms with Crippen LogP contribution in [-0.4, -0.2) is 55.3 Å². The highest BCUT2D eigenvalue weighted by atomic mass is 19.4. The van der Waals surface area contributed by atoms with Gasteiger partial charge in [0, 0.05) is 0 Å². The highest BCUT2D eigenvalue weighted by molar-refractivity contribution is 5.91. The number of hydrogen-bond donors (Lipinski definition) is 0. The molecule has 15 heteroatoms. The zero-order chi connectivity index (χ0) is 28.0. The number of rotatable bonds is 12.